The summed E-state index contributed by atoms with van der Waals surface area (Å²) in [6.07, 6.45) is 8.31. The van der Waals surface area contributed by atoms with Crippen molar-refractivity contribution in [2.24, 2.45) is 0 Å². The Morgan fingerprint density at radius 3 is 2.90 bits per heavy atom. The van der Waals surface area contributed by atoms with Gasteiger partial charge >= 0.3 is 0 Å². The summed E-state index contributed by atoms with van der Waals surface area (Å²) >= 11 is 0. The number of hydrogen-bond donors (Lipinski definition) is 1. The molecule has 2 rings (SSSR count). The molecule has 104 valence electrons. The molecule has 0 aliphatic rings. The van der Waals surface area contributed by atoms with Crippen LogP contribution in [0.1, 0.15) is 43.5 Å². The van der Waals surface area contributed by atoms with Crippen molar-refractivity contribution in [3.05, 3.63) is 41.6 Å². The Morgan fingerprint density at radius 1 is 1.35 bits per heavy atom. The van der Waals surface area contributed by atoms with E-state index in [1.807, 2.05) is 6.07 Å². The molecule has 1 N–H and O–H groups in total. The number of fused-ring (bicyclic) bond motifs is 1. The predicted molar refractivity (Wildman–Crippen MR) is 85.6 cm³/mol. The van der Waals surface area contributed by atoms with E-state index in [4.69, 9.17) is 6.42 Å². The highest BCUT2D eigenvalue weighted by Gasteiger charge is 2.14. The van der Waals surface area contributed by atoms with E-state index in [1.165, 1.54) is 10.9 Å². The lowest BCUT2D eigenvalue weighted by Crippen LogP contribution is -2.21. The summed E-state index contributed by atoms with van der Waals surface area (Å²) in [6, 6.07) is 10.9. The Hall–Kier alpha value is -1.85. The minimum absolute atomic E-state index is 0.347. The van der Waals surface area contributed by atoms with Crippen LogP contribution < -0.4 is 5.32 Å². The van der Waals surface area contributed by atoms with Gasteiger partial charge in [-0.1, -0.05) is 25.1 Å². The fourth-order valence-corrected chi connectivity index (χ4v) is 2.65. The molecular formula is C18H22N2. The zero-order valence-electron chi connectivity index (χ0n) is 12.3. The summed E-state index contributed by atoms with van der Waals surface area (Å²) in [6.45, 7) is 5.15. The number of aromatic nitrogens is 1. The molecule has 1 atom stereocenters. The third-order valence-corrected chi connectivity index (χ3v) is 3.52. The Balaban J connectivity index is 2.38. The van der Waals surface area contributed by atoms with Gasteiger partial charge in [-0.05, 0) is 44.0 Å². The summed E-state index contributed by atoms with van der Waals surface area (Å²) in [7, 11) is 0. The van der Waals surface area contributed by atoms with Crippen LogP contribution in [0.15, 0.2) is 30.3 Å². The number of nitrogens with zero attached hydrogens (tertiary/aromatic N) is 1. The molecule has 2 nitrogen and oxygen atoms in total. The number of aryl methyl sites for hydroxylation is 1. The first-order valence-corrected chi connectivity index (χ1v) is 7.29. The van der Waals surface area contributed by atoms with E-state index in [0.717, 1.165) is 37.0 Å². The number of benzene rings is 1. The maximum Gasteiger partial charge on any atom is 0.0708 e. The lowest BCUT2D eigenvalue weighted by molar-refractivity contribution is 0.504. The van der Waals surface area contributed by atoms with Crippen molar-refractivity contribution < 1.29 is 0 Å². The molecule has 0 radical (unpaired) electrons. The van der Waals surface area contributed by atoms with E-state index in [9.17, 15) is 0 Å². The molecule has 20 heavy (non-hydrogen) atoms. The number of pyridine rings is 1. The minimum Gasteiger partial charge on any atom is -0.310 e. The van der Waals surface area contributed by atoms with Crippen LogP contribution in [-0.2, 0) is 0 Å². The van der Waals surface area contributed by atoms with Gasteiger partial charge in [-0.2, -0.15) is 0 Å². The molecule has 1 unspecified atom stereocenters. The van der Waals surface area contributed by atoms with Crippen LogP contribution in [0.25, 0.3) is 10.9 Å². The van der Waals surface area contributed by atoms with E-state index < -0.39 is 0 Å². The topological polar surface area (TPSA) is 24.9 Å². The van der Waals surface area contributed by atoms with Crippen molar-refractivity contribution in [1.82, 2.24) is 10.3 Å². The third-order valence-electron chi connectivity index (χ3n) is 3.52. The summed E-state index contributed by atoms with van der Waals surface area (Å²) in [5, 5.41) is 4.82. The fraction of sp³-hybridized carbons (Fsp3) is 0.389. The fourth-order valence-electron chi connectivity index (χ4n) is 2.65. The second kappa shape index (κ2) is 7.07. The molecule has 0 saturated carbocycles. The minimum atomic E-state index is 0.347. The Labute approximate surface area is 121 Å². The normalized spacial score (nSPS) is 12.2. The summed E-state index contributed by atoms with van der Waals surface area (Å²) in [5.41, 5.74) is 3.48. The average molecular weight is 266 g/mol. The quantitative estimate of drug-likeness (QED) is 0.631. The average Bonchev–Trinajstić information content (AvgIpc) is 2.45. The van der Waals surface area contributed by atoms with Gasteiger partial charge in [0.15, 0.2) is 0 Å². The first-order valence-electron chi connectivity index (χ1n) is 7.29. The van der Waals surface area contributed by atoms with E-state index in [1.54, 1.807) is 0 Å². The van der Waals surface area contributed by atoms with Crippen LogP contribution >= 0.6 is 0 Å². The Bertz CT molecular complexity index is 610. The Morgan fingerprint density at radius 2 is 2.15 bits per heavy atom. The highest BCUT2D eigenvalue weighted by atomic mass is 14.9. The van der Waals surface area contributed by atoms with Crippen LogP contribution in [0, 0.1) is 19.3 Å². The van der Waals surface area contributed by atoms with Crippen molar-refractivity contribution in [3.8, 4) is 12.3 Å². The molecule has 0 bridgehead atoms. The van der Waals surface area contributed by atoms with E-state index >= 15 is 0 Å². The SMILES string of the molecule is C#CCCCC(NCC)c1cc(C)nc2ccccc12. The number of unbranched alkanes of at least 4 members (excludes halogenated alkanes) is 1. The molecule has 1 aromatic heterocycles. The number of para-hydroxylation sites is 1. The molecule has 0 aliphatic heterocycles. The monoisotopic (exact) mass is 266 g/mol. The predicted octanol–water partition coefficient (Wildman–Crippen LogP) is 4.00. The van der Waals surface area contributed by atoms with Crippen molar-refractivity contribution in [1.29, 1.82) is 0 Å². The molecule has 0 spiro atoms. The van der Waals surface area contributed by atoms with Gasteiger partial charge in [0.05, 0.1) is 5.52 Å². The number of rotatable bonds is 6. The highest BCUT2D eigenvalue weighted by Crippen LogP contribution is 2.27. The van der Waals surface area contributed by atoms with Gasteiger partial charge in [-0.3, -0.25) is 4.98 Å². The van der Waals surface area contributed by atoms with E-state index in [-0.39, 0.29) is 0 Å². The van der Waals surface area contributed by atoms with Gasteiger partial charge in [0.25, 0.3) is 0 Å². The molecule has 0 saturated heterocycles. The maximum atomic E-state index is 5.36. The summed E-state index contributed by atoms with van der Waals surface area (Å²) in [4.78, 5) is 4.62. The number of nitrogens with one attached hydrogen (secondary N) is 1. The summed E-state index contributed by atoms with van der Waals surface area (Å²) in [5.74, 6) is 2.73. The van der Waals surface area contributed by atoms with Crippen LogP contribution in [0.2, 0.25) is 0 Å². The summed E-state index contributed by atoms with van der Waals surface area (Å²) < 4.78 is 0. The third kappa shape index (κ3) is 3.37. The Kier molecular flexibility index (Phi) is 5.15. The molecule has 2 aromatic rings. The van der Waals surface area contributed by atoms with Gasteiger partial charge in [-0.25, -0.2) is 0 Å². The smallest absolute Gasteiger partial charge is 0.0708 e. The van der Waals surface area contributed by atoms with Crippen molar-refractivity contribution in [2.45, 2.75) is 39.2 Å². The van der Waals surface area contributed by atoms with Gasteiger partial charge in [0, 0.05) is 23.5 Å². The van der Waals surface area contributed by atoms with Crippen LogP contribution in [0.3, 0.4) is 0 Å². The van der Waals surface area contributed by atoms with Crippen molar-refractivity contribution in [3.63, 3.8) is 0 Å². The van der Waals surface area contributed by atoms with Crippen molar-refractivity contribution >= 4 is 10.9 Å². The second-order valence-corrected chi connectivity index (χ2v) is 5.08. The van der Waals surface area contributed by atoms with Crippen LogP contribution in [0.5, 0.6) is 0 Å². The molecular weight excluding hydrogens is 244 g/mol. The van der Waals surface area contributed by atoms with Crippen LogP contribution in [0.4, 0.5) is 0 Å². The van der Waals surface area contributed by atoms with Crippen LogP contribution in [-0.4, -0.2) is 11.5 Å². The first-order chi connectivity index (χ1) is 9.76. The molecule has 0 amide bonds. The molecule has 1 heterocycles. The molecule has 1 aromatic carbocycles. The molecule has 0 aliphatic carbocycles. The lowest BCUT2D eigenvalue weighted by atomic mass is 9.96. The van der Waals surface area contributed by atoms with Gasteiger partial charge < -0.3 is 5.32 Å². The second-order valence-electron chi connectivity index (χ2n) is 5.08. The molecule has 2 heteroatoms. The lowest BCUT2D eigenvalue weighted by Gasteiger charge is -2.20. The number of terminal acetylenes is 1. The largest absolute Gasteiger partial charge is 0.310 e. The maximum absolute atomic E-state index is 5.36. The van der Waals surface area contributed by atoms with E-state index in [2.05, 4.69) is 54.3 Å². The van der Waals surface area contributed by atoms with Gasteiger partial charge in [0.1, 0.15) is 0 Å². The van der Waals surface area contributed by atoms with Gasteiger partial charge in [0.2, 0.25) is 0 Å². The highest BCUT2D eigenvalue weighted by molar-refractivity contribution is 5.82. The zero-order valence-corrected chi connectivity index (χ0v) is 12.3. The molecule has 0 fully saturated rings. The zero-order chi connectivity index (χ0) is 14.4. The number of hydrogen-bond acceptors (Lipinski definition) is 2. The van der Waals surface area contributed by atoms with E-state index in [0.29, 0.717) is 6.04 Å². The van der Waals surface area contributed by atoms with Crippen molar-refractivity contribution in [2.75, 3.05) is 6.54 Å². The van der Waals surface area contributed by atoms with Gasteiger partial charge in [-0.15, -0.1) is 12.3 Å². The first kappa shape index (κ1) is 14.6. The standard InChI is InChI=1S/C18H22N2/c1-4-6-7-11-17(19-5-2)16-13-14(3)20-18-12-9-8-10-15(16)18/h1,8-10,12-13,17,19H,5-7,11H2,2-3H3.